The van der Waals surface area contributed by atoms with Crippen molar-refractivity contribution in [1.82, 2.24) is 10.4 Å². The molecule has 2 aromatic rings. The number of amides is 2. The molecule has 3 rings (SSSR count). The minimum absolute atomic E-state index is 0.0345. The Hall–Kier alpha value is -2.71. The largest absolute Gasteiger partial charge is 0.494 e. The molecule has 2 aromatic carbocycles. The van der Waals surface area contributed by atoms with Gasteiger partial charge in [0.15, 0.2) is 0 Å². The van der Waals surface area contributed by atoms with Crippen molar-refractivity contribution in [3.8, 4) is 0 Å². The molecular weight excluding hydrogens is 410 g/mol. The number of hydrazine groups is 1. The van der Waals surface area contributed by atoms with Gasteiger partial charge in [-0.2, -0.15) is 0 Å². The smallest absolute Gasteiger partial charge is 0.423 e. The molecule has 0 aliphatic carbocycles. The molecule has 0 unspecified atom stereocenters. The van der Waals surface area contributed by atoms with E-state index in [0.29, 0.717) is 17.5 Å². The number of carbonyl (C=O) groups excluding carboxylic acids is 2. The summed E-state index contributed by atoms with van der Waals surface area (Å²) in [5.41, 5.74) is 4.83. The van der Waals surface area contributed by atoms with Crippen molar-refractivity contribution < 1.29 is 23.7 Å². The molecule has 8 heteroatoms. The fourth-order valence-electron chi connectivity index (χ4n) is 4.31. The number of hydrogen-bond acceptors (Lipinski definition) is 4. The second-order valence-electron chi connectivity index (χ2n) is 9.45. The zero-order valence-electron chi connectivity index (χ0n) is 19.5. The molecule has 0 bridgehead atoms. The Morgan fingerprint density at radius 1 is 1.22 bits per heavy atom. The molecule has 2 amide bonds. The molecule has 1 heterocycles. The molecule has 2 N–H and O–H groups in total. The first-order valence-corrected chi connectivity index (χ1v) is 10.8. The summed E-state index contributed by atoms with van der Waals surface area (Å²) in [5.74, 6) is -1.96. The molecule has 170 valence electrons. The number of halogens is 1. The van der Waals surface area contributed by atoms with Gasteiger partial charge in [0, 0.05) is 11.0 Å². The zero-order valence-corrected chi connectivity index (χ0v) is 19.5. The lowest BCUT2D eigenvalue weighted by Gasteiger charge is -2.39. The first-order chi connectivity index (χ1) is 14.9. The summed E-state index contributed by atoms with van der Waals surface area (Å²) in [6, 6.07) is 8.07. The number of rotatable bonds is 4. The van der Waals surface area contributed by atoms with Crippen LogP contribution in [0.5, 0.6) is 0 Å². The molecule has 1 atom stereocenters. The van der Waals surface area contributed by atoms with Crippen LogP contribution in [0.25, 0.3) is 0 Å². The average Bonchev–Trinajstić information content (AvgIpc) is 3.07. The van der Waals surface area contributed by atoms with Crippen LogP contribution in [0.15, 0.2) is 30.3 Å². The Bertz CT molecular complexity index is 1030. The molecule has 1 aliphatic rings. The molecule has 0 radical (unpaired) electrons. The second kappa shape index (κ2) is 9.04. The third kappa shape index (κ3) is 4.71. The monoisotopic (exact) mass is 440 g/mol. The standard InChI is InChI=1S/C24H30BFN2O4/c1-7-19(24(4,5)6)28(23(30)17-11-14(2)10-15(3)12-17)27-22(29)18-9-8-16-13-32-25(31)20(16)21(18)26/h8-12,19,31H,7,13H2,1-6H3,(H,27,29)/t19-/m0/s1. The van der Waals surface area contributed by atoms with E-state index >= 15 is 4.39 Å². The Balaban J connectivity index is 2.00. The minimum atomic E-state index is -1.41. The highest BCUT2D eigenvalue weighted by molar-refractivity contribution is 6.61. The van der Waals surface area contributed by atoms with Crippen LogP contribution in [-0.2, 0) is 11.3 Å². The van der Waals surface area contributed by atoms with Crippen molar-refractivity contribution in [3.05, 3.63) is 64.0 Å². The van der Waals surface area contributed by atoms with Gasteiger partial charge in [0.05, 0.1) is 18.2 Å². The van der Waals surface area contributed by atoms with Crippen molar-refractivity contribution >= 4 is 24.4 Å². The lowest BCUT2D eigenvalue weighted by molar-refractivity contribution is 0.0283. The van der Waals surface area contributed by atoms with E-state index in [1.54, 1.807) is 18.2 Å². The number of aryl methyl sites for hydroxylation is 2. The molecule has 0 aromatic heterocycles. The van der Waals surface area contributed by atoms with Crippen LogP contribution in [0, 0.1) is 25.1 Å². The summed E-state index contributed by atoms with van der Waals surface area (Å²) in [4.78, 5) is 26.7. The van der Waals surface area contributed by atoms with Gasteiger partial charge in [-0.05, 0) is 49.4 Å². The summed E-state index contributed by atoms with van der Waals surface area (Å²) in [6.07, 6.45) is 0.583. The van der Waals surface area contributed by atoms with E-state index < -0.39 is 18.8 Å². The molecule has 32 heavy (non-hydrogen) atoms. The van der Waals surface area contributed by atoms with E-state index in [-0.39, 0.29) is 35.0 Å². The second-order valence-corrected chi connectivity index (χ2v) is 9.45. The topological polar surface area (TPSA) is 78.9 Å². The summed E-state index contributed by atoms with van der Waals surface area (Å²) in [5, 5.41) is 11.2. The van der Waals surface area contributed by atoms with Crippen molar-refractivity contribution in [1.29, 1.82) is 0 Å². The van der Waals surface area contributed by atoms with Gasteiger partial charge in [0.2, 0.25) is 0 Å². The number of fused-ring (bicyclic) bond motifs is 1. The van der Waals surface area contributed by atoms with Crippen molar-refractivity contribution in [2.75, 3.05) is 0 Å². The third-order valence-electron chi connectivity index (χ3n) is 5.77. The Morgan fingerprint density at radius 3 is 2.41 bits per heavy atom. The molecule has 6 nitrogen and oxygen atoms in total. The molecule has 0 spiro atoms. The average molecular weight is 440 g/mol. The van der Waals surface area contributed by atoms with Crippen molar-refractivity contribution in [2.45, 2.75) is 60.6 Å². The molecule has 1 aliphatic heterocycles. The fraction of sp³-hybridized carbons (Fsp3) is 0.417. The van der Waals surface area contributed by atoms with Gasteiger partial charge in [-0.3, -0.25) is 15.0 Å². The fourth-order valence-corrected chi connectivity index (χ4v) is 4.31. The first-order valence-electron chi connectivity index (χ1n) is 10.8. The van der Waals surface area contributed by atoms with E-state index in [9.17, 15) is 14.6 Å². The maximum Gasteiger partial charge on any atom is 0.494 e. The van der Waals surface area contributed by atoms with Gasteiger partial charge >= 0.3 is 7.12 Å². The Kier molecular flexibility index (Phi) is 6.76. The normalized spacial score (nSPS) is 14.2. The number of benzene rings is 2. The summed E-state index contributed by atoms with van der Waals surface area (Å²) in [7, 11) is -1.41. The maximum atomic E-state index is 15.1. The van der Waals surface area contributed by atoms with Crippen LogP contribution in [0.3, 0.4) is 0 Å². The summed E-state index contributed by atoms with van der Waals surface area (Å²) < 4.78 is 20.1. The van der Waals surface area contributed by atoms with Crippen molar-refractivity contribution in [3.63, 3.8) is 0 Å². The third-order valence-corrected chi connectivity index (χ3v) is 5.77. The van der Waals surface area contributed by atoms with Gasteiger partial charge in [0.1, 0.15) is 5.82 Å². The van der Waals surface area contributed by atoms with Gasteiger partial charge < -0.3 is 9.68 Å². The van der Waals surface area contributed by atoms with Gasteiger partial charge in [0.25, 0.3) is 11.8 Å². The van der Waals surface area contributed by atoms with Gasteiger partial charge in [-0.1, -0.05) is 51.0 Å². The quantitative estimate of drug-likeness (QED) is 0.565. The van der Waals surface area contributed by atoms with Crippen LogP contribution in [0.4, 0.5) is 4.39 Å². The lowest BCUT2D eigenvalue weighted by atomic mass is 9.78. The highest BCUT2D eigenvalue weighted by Crippen LogP contribution is 2.28. The molecule has 0 saturated heterocycles. The highest BCUT2D eigenvalue weighted by atomic mass is 19.1. The van der Waals surface area contributed by atoms with Gasteiger partial charge in [-0.25, -0.2) is 9.40 Å². The lowest BCUT2D eigenvalue weighted by Crippen LogP contribution is -2.56. The number of hydrogen-bond donors (Lipinski definition) is 2. The SMILES string of the molecule is CC[C@H](N(NC(=O)c1ccc2c(c1F)B(O)OC2)C(=O)c1cc(C)cc(C)c1)C(C)(C)C. The Labute approximate surface area is 188 Å². The summed E-state index contributed by atoms with van der Waals surface area (Å²) >= 11 is 0. The number of nitrogens with zero attached hydrogens (tertiary/aromatic N) is 1. The van der Waals surface area contributed by atoms with Crippen LogP contribution in [0.1, 0.15) is 71.5 Å². The molecular formula is C24H30BFN2O4. The van der Waals surface area contributed by atoms with E-state index in [2.05, 4.69) is 5.43 Å². The van der Waals surface area contributed by atoms with E-state index in [0.717, 1.165) is 11.1 Å². The van der Waals surface area contributed by atoms with Crippen LogP contribution >= 0.6 is 0 Å². The predicted molar refractivity (Wildman–Crippen MR) is 122 cm³/mol. The number of carbonyl (C=O) groups is 2. The minimum Gasteiger partial charge on any atom is -0.423 e. The molecule has 0 fully saturated rings. The van der Waals surface area contributed by atoms with E-state index in [4.69, 9.17) is 4.65 Å². The first kappa shape index (κ1) is 23.9. The molecule has 0 saturated carbocycles. The highest BCUT2D eigenvalue weighted by Gasteiger charge is 2.37. The number of nitrogens with one attached hydrogen (secondary N) is 1. The maximum absolute atomic E-state index is 15.1. The zero-order chi connectivity index (χ0) is 23.8. The Morgan fingerprint density at radius 2 is 1.84 bits per heavy atom. The summed E-state index contributed by atoms with van der Waals surface area (Å²) in [6.45, 7) is 11.8. The van der Waals surface area contributed by atoms with Gasteiger partial charge in [-0.15, -0.1) is 0 Å². The van der Waals surface area contributed by atoms with E-state index in [1.165, 1.54) is 11.1 Å². The predicted octanol–water partition coefficient (Wildman–Crippen LogP) is 3.27. The van der Waals surface area contributed by atoms with Crippen molar-refractivity contribution in [2.24, 2.45) is 5.41 Å². The van der Waals surface area contributed by atoms with Crippen LogP contribution in [-0.4, -0.2) is 35.0 Å². The van der Waals surface area contributed by atoms with E-state index in [1.807, 2.05) is 47.6 Å². The van der Waals surface area contributed by atoms with Crippen LogP contribution in [0.2, 0.25) is 0 Å². The van der Waals surface area contributed by atoms with Crippen LogP contribution < -0.4 is 10.9 Å².